The molecule has 0 spiro atoms. The number of hydrogen-bond acceptors (Lipinski definition) is 4. The molecule has 0 saturated carbocycles. The lowest BCUT2D eigenvalue weighted by Crippen LogP contribution is -2.37. The molecule has 5 heteroatoms. The van der Waals surface area contributed by atoms with Gasteiger partial charge in [0, 0.05) is 6.04 Å². The standard InChI is InChI=1S/C19H27NO4/c1-12(2)9-13(3)20-19(21)18-17(23-18)11-22-24-16-8-7-14-5-4-6-15(14)10-16/h7-8,10,12-13,17-18H,4-6,9,11H2,1-3H3,(H,20,21)/t13-,17?,18?/m1/s1. The van der Waals surface area contributed by atoms with E-state index in [1.54, 1.807) is 0 Å². The van der Waals surface area contributed by atoms with Gasteiger partial charge in [0.2, 0.25) is 0 Å². The molecule has 1 heterocycles. The molecule has 1 amide bonds. The van der Waals surface area contributed by atoms with Crippen LogP contribution in [0.3, 0.4) is 0 Å². The van der Waals surface area contributed by atoms with Gasteiger partial charge in [0.25, 0.3) is 5.91 Å². The van der Waals surface area contributed by atoms with E-state index in [1.807, 2.05) is 19.1 Å². The first-order valence-electron chi connectivity index (χ1n) is 8.90. The van der Waals surface area contributed by atoms with Crippen molar-refractivity contribution < 1.29 is 19.3 Å². The van der Waals surface area contributed by atoms with Crippen LogP contribution in [0.5, 0.6) is 5.75 Å². The number of carbonyl (C=O) groups is 1. The molecule has 0 bridgehead atoms. The first kappa shape index (κ1) is 17.2. The maximum atomic E-state index is 12.0. The molecule has 24 heavy (non-hydrogen) atoms. The number of ether oxygens (including phenoxy) is 1. The SMILES string of the molecule is CC(C)C[C@@H](C)NC(=O)C1OC1COOc1ccc2c(c1)CCC2. The van der Waals surface area contributed by atoms with Gasteiger partial charge in [-0.15, -0.1) is 0 Å². The number of hydrogen-bond donors (Lipinski definition) is 1. The van der Waals surface area contributed by atoms with Crippen molar-refractivity contribution in [2.45, 2.75) is 64.7 Å². The van der Waals surface area contributed by atoms with Crippen LogP contribution in [0.25, 0.3) is 0 Å². The van der Waals surface area contributed by atoms with Crippen LogP contribution in [0.4, 0.5) is 0 Å². The van der Waals surface area contributed by atoms with E-state index >= 15 is 0 Å². The third-order valence-corrected chi connectivity index (χ3v) is 4.51. The zero-order valence-electron chi connectivity index (χ0n) is 14.7. The van der Waals surface area contributed by atoms with E-state index in [0.717, 1.165) is 19.3 Å². The summed E-state index contributed by atoms with van der Waals surface area (Å²) >= 11 is 0. The fraction of sp³-hybridized carbons (Fsp3) is 0.632. The minimum atomic E-state index is -0.414. The molecule has 0 radical (unpaired) electrons. The van der Waals surface area contributed by atoms with Crippen LogP contribution in [0, 0.1) is 5.92 Å². The van der Waals surface area contributed by atoms with Gasteiger partial charge in [0.15, 0.2) is 11.9 Å². The number of fused-ring (bicyclic) bond motifs is 1. The summed E-state index contributed by atoms with van der Waals surface area (Å²) in [6, 6.07) is 6.22. The molecule has 1 aliphatic carbocycles. The van der Waals surface area contributed by atoms with Crippen molar-refractivity contribution in [1.82, 2.24) is 5.32 Å². The van der Waals surface area contributed by atoms with Crippen molar-refractivity contribution in [2.24, 2.45) is 5.92 Å². The fourth-order valence-electron chi connectivity index (χ4n) is 3.36. The minimum absolute atomic E-state index is 0.0609. The van der Waals surface area contributed by atoms with Gasteiger partial charge >= 0.3 is 0 Å². The number of amides is 1. The molecule has 1 N–H and O–H groups in total. The zero-order valence-corrected chi connectivity index (χ0v) is 14.7. The second kappa shape index (κ2) is 7.53. The molecule has 2 aliphatic rings. The molecule has 0 aromatic heterocycles. The first-order chi connectivity index (χ1) is 11.5. The maximum absolute atomic E-state index is 12.0. The van der Waals surface area contributed by atoms with Gasteiger partial charge in [-0.25, -0.2) is 0 Å². The van der Waals surface area contributed by atoms with E-state index in [4.69, 9.17) is 14.5 Å². The third kappa shape index (κ3) is 4.48. The molecule has 3 atom stereocenters. The van der Waals surface area contributed by atoms with Crippen LogP contribution in [0.2, 0.25) is 0 Å². The summed E-state index contributed by atoms with van der Waals surface area (Å²) in [5.74, 6) is 1.21. The molecule has 132 valence electrons. The lowest BCUT2D eigenvalue weighted by atomic mass is 10.1. The molecule has 5 nitrogen and oxygen atoms in total. The molecular weight excluding hydrogens is 306 g/mol. The Hall–Kier alpha value is -1.59. The summed E-state index contributed by atoms with van der Waals surface area (Å²) in [7, 11) is 0. The number of aryl methyl sites for hydroxylation is 2. The van der Waals surface area contributed by atoms with E-state index in [0.29, 0.717) is 11.7 Å². The Bertz CT molecular complexity index is 587. The van der Waals surface area contributed by atoms with Crippen molar-refractivity contribution in [1.29, 1.82) is 0 Å². The van der Waals surface area contributed by atoms with Crippen LogP contribution >= 0.6 is 0 Å². The van der Waals surface area contributed by atoms with Crippen LogP contribution in [-0.2, 0) is 27.3 Å². The average molecular weight is 333 g/mol. The number of nitrogens with one attached hydrogen (secondary N) is 1. The van der Waals surface area contributed by atoms with Gasteiger partial charge in [-0.2, -0.15) is 4.89 Å². The van der Waals surface area contributed by atoms with E-state index < -0.39 is 6.10 Å². The molecule has 1 aliphatic heterocycles. The summed E-state index contributed by atoms with van der Waals surface area (Å²) in [5.41, 5.74) is 2.75. The van der Waals surface area contributed by atoms with Crippen molar-refractivity contribution in [3.8, 4) is 5.75 Å². The van der Waals surface area contributed by atoms with Gasteiger partial charge < -0.3 is 14.9 Å². The number of benzene rings is 1. The second-order valence-electron chi connectivity index (χ2n) is 7.29. The number of carbonyl (C=O) groups excluding carboxylic acids is 1. The Morgan fingerprint density at radius 2 is 2.08 bits per heavy atom. The number of epoxide rings is 1. The van der Waals surface area contributed by atoms with Gasteiger partial charge in [-0.1, -0.05) is 19.9 Å². The predicted octanol–water partition coefficient (Wildman–Crippen LogP) is 2.80. The Morgan fingerprint density at radius 3 is 2.88 bits per heavy atom. The van der Waals surface area contributed by atoms with Gasteiger partial charge in [0.1, 0.15) is 12.7 Å². The normalized spacial score (nSPS) is 23.0. The van der Waals surface area contributed by atoms with Crippen LogP contribution in [0.1, 0.15) is 44.7 Å². The van der Waals surface area contributed by atoms with Gasteiger partial charge in [-0.3, -0.25) is 4.79 Å². The molecule has 3 rings (SSSR count). The monoisotopic (exact) mass is 333 g/mol. The van der Waals surface area contributed by atoms with Crippen molar-refractivity contribution in [3.63, 3.8) is 0 Å². The average Bonchev–Trinajstić information content (AvgIpc) is 3.13. The lowest BCUT2D eigenvalue weighted by molar-refractivity contribution is -0.209. The molecular formula is C19H27NO4. The quantitative estimate of drug-likeness (QED) is 0.451. The third-order valence-electron chi connectivity index (χ3n) is 4.51. The lowest BCUT2D eigenvalue weighted by Gasteiger charge is -2.15. The second-order valence-corrected chi connectivity index (χ2v) is 7.29. The van der Waals surface area contributed by atoms with Crippen LogP contribution in [0.15, 0.2) is 18.2 Å². The highest BCUT2D eigenvalue weighted by molar-refractivity contribution is 5.83. The summed E-state index contributed by atoms with van der Waals surface area (Å²) in [5, 5.41) is 2.98. The van der Waals surface area contributed by atoms with Gasteiger partial charge in [0.05, 0.1) is 0 Å². The summed E-state index contributed by atoms with van der Waals surface area (Å²) in [6.07, 6.45) is 3.80. The highest BCUT2D eigenvalue weighted by atomic mass is 17.2. The van der Waals surface area contributed by atoms with E-state index in [1.165, 1.54) is 17.5 Å². The van der Waals surface area contributed by atoms with E-state index in [-0.39, 0.29) is 24.7 Å². The van der Waals surface area contributed by atoms with Crippen molar-refractivity contribution in [3.05, 3.63) is 29.3 Å². The number of rotatable bonds is 8. The summed E-state index contributed by atoms with van der Waals surface area (Å²) in [4.78, 5) is 22.6. The van der Waals surface area contributed by atoms with Crippen molar-refractivity contribution in [2.75, 3.05) is 6.61 Å². The first-order valence-corrected chi connectivity index (χ1v) is 8.90. The molecule has 1 aromatic rings. The summed E-state index contributed by atoms with van der Waals surface area (Å²) in [6.45, 7) is 6.56. The van der Waals surface area contributed by atoms with Crippen LogP contribution < -0.4 is 10.2 Å². The zero-order chi connectivity index (χ0) is 17.1. The highest BCUT2D eigenvalue weighted by Gasteiger charge is 2.45. The fourth-order valence-corrected chi connectivity index (χ4v) is 3.36. The smallest absolute Gasteiger partial charge is 0.252 e. The van der Waals surface area contributed by atoms with Gasteiger partial charge in [-0.05, 0) is 61.8 Å². The molecule has 1 fully saturated rings. The Labute approximate surface area is 143 Å². The minimum Gasteiger partial charge on any atom is -0.356 e. The molecule has 2 unspecified atom stereocenters. The molecule has 1 aromatic carbocycles. The van der Waals surface area contributed by atoms with Crippen LogP contribution in [-0.4, -0.2) is 30.8 Å². The Morgan fingerprint density at radius 1 is 1.29 bits per heavy atom. The Balaban J connectivity index is 1.36. The topological polar surface area (TPSA) is 60.1 Å². The summed E-state index contributed by atoms with van der Waals surface area (Å²) < 4.78 is 5.38. The maximum Gasteiger partial charge on any atom is 0.252 e. The van der Waals surface area contributed by atoms with Crippen molar-refractivity contribution >= 4 is 5.91 Å². The molecule has 1 saturated heterocycles. The van der Waals surface area contributed by atoms with E-state index in [9.17, 15) is 4.79 Å². The highest BCUT2D eigenvalue weighted by Crippen LogP contribution is 2.27. The predicted molar refractivity (Wildman–Crippen MR) is 90.8 cm³/mol. The largest absolute Gasteiger partial charge is 0.356 e. The Kier molecular flexibility index (Phi) is 5.41. The van der Waals surface area contributed by atoms with E-state index in [2.05, 4.69) is 25.2 Å².